The molecule has 0 fully saturated rings. The number of amides is 2. The summed E-state index contributed by atoms with van der Waals surface area (Å²) in [5.74, 6) is -0.791. The lowest BCUT2D eigenvalue weighted by Gasteiger charge is -2.18. The van der Waals surface area contributed by atoms with Crippen LogP contribution in [0.15, 0.2) is 30.9 Å². The van der Waals surface area contributed by atoms with Gasteiger partial charge in [0.25, 0.3) is 0 Å². The van der Waals surface area contributed by atoms with Gasteiger partial charge in [0.05, 0.1) is 12.6 Å². The zero-order valence-corrected chi connectivity index (χ0v) is 11.4. The first-order valence-electron chi connectivity index (χ1n) is 6.47. The second-order valence-electron chi connectivity index (χ2n) is 4.86. The van der Waals surface area contributed by atoms with Gasteiger partial charge in [0.1, 0.15) is 5.82 Å². The molecule has 0 heterocycles. The molecular weight excluding hydrogens is 259 g/mol. The Balaban J connectivity index is 1.99. The van der Waals surface area contributed by atoms with E-state index in [-0.39, 0.29) is 30.2 Å². The highest BCUT2D eigenvalue weighted by molar-refractivity contribution is 5.90. The smallest absolute Gasteiger partial charge is 0.246 e. The largest absolute Gasteiger partial charge is 0.348 e. The SMILES string of the molecule is C=CC(=O)N(C)CC(=O)NC1CCc2c(F)cccc21. The lowest BCUT2D eigenvalue weighted by atomic mass is 10.1. The Kier molecular flexibility index (Phi) is 4.17. The van der Waals surface area contributed by atoms with E-state index in [0.29, 0.717) is 18.4 Å². The van der Waals surface area contributed by atoms with E-state index in [0.717, 1.165) is 11.6 Å². The first-order chi connectivity index (χ1) is 9.52. The molecule has 106 valence electrons. The Labute approximate surface area is 117 Å². The van der Waals surface area contributed by atoms with Gasteiger partial charge in [-0.05, 0) is 36.1 Å². The van der Waals surface area contributed by atoms with Crippen LogP contribution in [0, 0.1) is 5.82 Å². The molecule has 0 aromatic heterocycles. The number of carbonyl (C=O) groups is 2. The van der Waals surface area contributed by atoms with E-state index in [1.165, 1.54) is 18.0 Å². The zero-order chi connectivity index (χ0) is 14.7. The first kappa shape index (κ1) is 14.2. The summed E-state index contributed by atoms with van der Waals surface area (Å²) >= 11 is 0. The lowest BCUT2D eigenvalue weighted by Crippen LogP contribution is -2.38. The molecule has 0 bridgehead atoms. The van der Waals surface area contributed by atoms with Gasteiger partial charge < -0.3 is 10.2 Å². The van der Waals surface area contributed by atoms with E-state index in [1.54, 1.807) is 6.07 Å². The minimum atomic E-state index is -0.307. The summed E-state index contributed by atoms with van der Waals surface area (Å²) in [7, 11) is 1.53. The van der Waals surface area contributed by atoms with E-state index in [4.69, 9.17) is 0 Å². The van der Waals surface area contributed by atoms with E-state index in [1.807, 2.05) is 6.07 Å². The standard InChI is InChI=1S/C15H17FN2O2/c1-3-15(20)18(2)9-14(19)17-13-8-7-10-11(13)5-4-6-12(10)16/h3-6,13H,1,7-9H2,2H3,(H,17,19). The highest BCUT2D eigenvalue weighted by Gasteiger charge is 2.26. The van der Waals surface area contributed by atoms with Crippen LogP contribution in [-0.2, 0) is 16.0 Å². The molecule has 0 radical (unpaired) electrons. The van der Waals surface area contributed by atoms with E-state index in [9.17, 15) is 14.0 Å². The molecule has 2 rings (SSSR count). The van der Waals surface area contributed by atoms with Crippen molar-refractivity contribution in [3.63, 3.8) is 0 Å². The lowest BCUT2D eigenvalue weighted by molar-refractivity contribution is -0.131. The molecule has 0 aliphatic heterocycles. The third-order valence-corrected chi connectivity index (χ3v) is 3.48. The Morgan fingerprint density at radius 3 is 3.00 bits per heavy atom. The molecule has 1 aromatic rings. The van der Waals surface area contributed by atoms with Crippen LogP contribution in [0.2, 0.25) is 0 Å². The molecule has 0 saturated carbocycles. The van der Waals surface area contributed by atoms with Gasteiger partial charge in [-0.1, -0.05) is 18.7 Å². The minimum Gasteiger partial charge on any atom is -0.348 e. The summed E-state index contributed by atoms with van der Waals surface area (Å²) in [5.41, 5.74) is 1.50. The normalized spacial score (nSPS) is 16.4. The van der Waals surface area contributed by atoms with E-state index >= 15 is 0 Å². The second-order valence-corrected chi connectivity index (χ2v) is 4.86. The fourth-order valence-corrected chi connectivity index (χ4v) is 2.45. The van der Waals surface area contributed by atoms with Crippen molar-refractivity contribution in [1.29, 1.82) is 0 Å². The van der Waals surface area contributed by atoms with Crippen molar-refractivity contribution in [3.05, 3.63) is 47.8 Å². The molecule has 4 nitrogen and oxygen atoms in total. The first-order valence-corrected chi connectivity index (χ1v) is 6.47. The van der Waals surface area contributed by atoms with Crippen LogP contribution in [0.25, 0.3) is 0 Å². The van der Waals surface area contributed by atoms with Crippen molar-refractivity contribution in [1.82, 2.24) is 10.2 Å². The van der Waals surface area contributed by atoms with Crippen LogP contribution in [-0.4, -0.2) is 30.3 Å². The number of fused-ring (bicyclic) bond motifs is 1. The Morgan fingerprint density at radius 1 is 1.55 bits per heavy atom. The maximum atomic E-state index is 13.6. The van der Waals surface area contributed by atoms with Crippen molar-refractivity contribution in [2.24, 2.45) is 0 Å². The van der Waals surface area contributed by atoms with Crippen molar-refractivity contribution in [2.45, 2.75) is 18.9 Å². The molecular formula is C15H17FN2O2. The molecule has 1 aromatic carbocycles. The highest BCUT2D eigenvalue weighted by atomic mass is 19.1. The van der Waals surface area contributed by atoms with Gasteiger partial charge in [-0.3, -0.25) is 9.59 Å². The Morgan fingerprint density at radius 2 is 2.30 bits per heavy atom. The number of halogens is 1. The fourth-order valence-electron chi connectivity index (χ4n) is 2.45. The Bertz CT molecular complexity index is 557. The summed E-state index contributed by atoms with van der Waals surface area (Å²) in [6.07, 6.45) is 2.46. The van der Waals surface area contributed by atoms with Crippen molar-refractivity contribution in [2.75, 3.05) is 13.6 Å². The maximum absolute atomic E-state index is 13.6. The Hall–Kier alpha value is -2.17. The van der Waals surface area contributed by atoms with Crippen LogP contribution < -0.4 is 5.32 Å². The van der Waals surface area contributed by atoms with Gasteiger partial charge in [-0.25, -0.2) is 4.39 Å². The van der Waals surface area contributed by atoms with Crippen LogP contribution in [0.4, 0.5) is 4.39 Å². The van der Waals surface area contributed by atoms with Gasteiger partial charge >= 0.3 is 0 Å². The summed E-state index contributed by atoms with van der Waals surface area (Å²) in [6, 6.07) is 4.72. The number of rotatable bonds is 4. The number of nitrogens with one attached hydrogen (secondary N) is 1. The van der Waals surface area contributed by atoms with E-state index in [2.05, 4.69) is 11.9 Å². The van der Waals surface area contributed by atoms with Crippen molar-refractivity contribution < 1.29 is 14.0 Å². The average Bonchev–Trinajstić information content (AvgIpc) is 2.82. The van der Waals surface area contributed by atoms with E-state index < -0.39 is 0 Å². The second kappa shape index (κ2) is 5.86. The van der Waals surface area contributed by atoms with Crippen LogP contribution in [0.5, 0.6) is 0 Å². The predicted molar refractivity (Wildman–Crippen MR) is 73.4 cm³/mol. The van der Waals surface area contributed by atoms with Crippen LogP contribution >= 0.6 is 0 Å². The molecule has 20 heavy (non-hydrogen) atoms. The molecule has 1 aliphatic rings. The van der Waals surface area contributed by atoms with Crippen molar-refractivity contribution >= 4 is 11.8 Å². The molecule has 0 saturated heterocycles. The van der Waals surface area contributed by atoms with Gasteiger partial charge in [0, 0.05) is 7.05 Å². The molecule has 5 heteroatoms. The minimum absolute atomic E-state index is 0.0357. The van der Waals surface area contributed by atoms with Crippen molar-refractivity contribution in [3.8, 4) is 0 Å². The quantitative estimate of drug-likeness (QED) is 0.849. The predicted octanol–water partition coefficient (Wildman–Crippen LogP) is 1.57. The molecule has 0 spiro atoms. The number of hydrogen-bond donors (Lipinski definition) is 1. The van der Waals surface area contributed by atoms with Crippen LogP contribution in [0.1, 0.15) is 23.6 Å². The molecule has 1 atom stereocenters. The molecule has 1 N–H and O–H groups in total. The average molecular weight is 276 g/mol. The summed E-state index contributed by atoms with van der Waals surface area (Å²) in [4.78, 5) is 24.5. The molecule has 2 amide bonds. The summed E-state index contributed by atoms with van der Waals surface area (Å²) < 4.78 is 13.6. The monoisotopic (exact) mass is 276 g/mol. The van der Waals surface area contributed by atoms with Gasteiger partial charge in [0.2, 0.25) is 11.8 Å². The van der Waals surface area contributed by atoms with Gasteiger partial charge in [-0.15, -0.1) is 0 Å². The maximum Gasteiger partial charge on any atom is 0.246 e. The highest BCUT2D eigenvalue weighted by Crippen LogP contribution is 2.32. The fraction of sp³-hybridized carbons (Fsp3) is 0.333. The van der Waals surface area contributed by atoms with Gasteiger partial charge in [0.15, 0.2) is 0 Å². The molecule has 1 unspecified atom stereocenters. The summed E-state index contributed by atoms with van der Waals surface area (Å²) in [6.45, 7) is 3.33. The van der Waals surface area contributed by atoms with Gasteiger partial charge in [-0.2, -0.15) is 0 Å². The number of hydrogen-bond acceptors (Lipinski definition) is 2. The number of benzene rings is 1. The summed E-state index contributed by atoms with van der Waals surface area (Å²) in [5, 5.41) is 2.84. The number of likely N-dealkylation sites (N-methyl/N-ethyl adjacent to an activating group) is 1. The third-order valence-electron chi connectivity index (χ3n) is 3.48. The zero-order valence-electron chi connectivity index (χ0n) is 11.4. The number of nitrogens with zero attached hydrogens (tertiary/aromatic N) is 1. The number of carbonyl (C=O) groups excluding carboxylic acids is 2. The topological polar surface area (TPSA) is 49.4 Å². The third kappa shape index (κ3) is 2.87. The van der Waals surface area contributed by atoms with Crippen LogP contribution in [0.3, 0.4) is 0 Å². The molecule has 1 aliphatic carbocycles.